The van der Waals surface area contributed by atoms with E-state index in [0.29, 0.717) is 22.5 Å². The Balaban J connectivity index is 1.89. The third-order valence-electron chi connectivity index (χ3n) is 2.96. The van der Waals surface area contributed by atoms with Gasteiger partial charge in [-0.2, -0.15) is 10.4 Å². The lowest BCUT2D eigenvalue weighted by atomic mass is 10.1. The van der Waals surface area contributed by atoms with Crippen molar-refractivity contribution in [3.63, 3.8) is 0 Å². The molecule has 0 aliphatic heterocycles. The molecule has 1 aromatic carbocycles. The fourth-order valence-corrected chi connectivity index (χ4v) is 1.94. The number of anilines is 1. The van der Waals surface area contributed by atoms with E-state index in [0.717, 1.165) is 0 Å². The van der Waals surface area contributed by atoms with Crippen LogP contribution in [0.5, 0.6) is 0 Å². The van der Waals surface area contributed by atoms with E-state index in [4.69, 9.17) is 0 Å². The van der Waals surface area contributed by atoms with Crippen LogP contribution in [0.3, 0.4) is 0 Å². The van der Waals surface area contributed by atoms with Crippen LogP contribution in [0.15, 0.2) is 55.4 Å². The zero-order valence-electron chi connectivity index (χ0n) is 11.3. The molecule has 106 valence electrons. The fraction of sp³-hybridized carbons (Fsp3) is 0. The summed E-state index contributed by atoms with van der Waals surface area (Å²) in [5, 5.41) is 16.0. The van der Waals surface area contributed by atoms with Gasteiger partial charge in [-0.25, -0.2) is 9.67 Å². The molecule has 0 saturated carbocycles. The van der Waals surface area contributed by atoms with Crippen molar-refractivity contribution in [2.75, 3.05) is 5.32 Å². The number of carbonyl (C=O) groups is 1. The van der Waals surface area contributed by atoms with Crippen LogP contribution in [0.4, 0.5) is 5.69 Å². The van der Waals surface area contributed by atoms with E-state index >= 15 is 0 Å². The summed E-state index contributed by atoms with van der Waals surface area (Å²) < 4.78 is 1.47. The monoisotopic (exact) mass is 290 g/mol. The van der Waals surface area contributed by atoms with Gasteiger partial charge in [0.1, 0.15) is 18.7 Å². The van der Waals surface area contributed by atoms with Crippen molar-refractivity contribution in [1.82, 2.24) is 19.7 Å². The molecule has 1 N–H and O–H groups in total. The van der Waals surface area contributed by atoms with Crippen molar-refractivity contribution in [2.45, 2.75) is 0 Å². The molecule has 0 atom stereocenters. The lowest BCUT2D eigenvalue weighted by Crippen LogP contribution is -2.12. The van der Waals surface area contributed by atoms with Crippen LogP contribution >= 0.6 is 0 Å². The maximum absolute atomic E-state index is 12.2. The number of rotatable bonds is 3. The zero-order valence-corrected chi connectivity index (χ0v) is 11.3. The quantitative estimate of drug-likeness (QED) is 0.793. The van der Waals surface area contributed by atoms with Gasteiger partial charge in [-0.1, -0.05) is 0 Å². The number of hydrogen-bond donors (Lipinski definition) is 1. The fourth-order valence-electron chi connectivity index (χ4n) is 1.94. The second kappa shape index (κ2) is 5.85. The molecule has 0 aliphatic carbocycles. The average molecular weight is 290 g/mol. The number of benzene rings is 1. The number of nitrogens with zero attached hydrogens (tertiary/aromatic N) is 5. The molecular weight excluding hydrogens is 280 g/mol. The minimum atomic E-state index is -0.311. The molecule has 22 heavy (non-hydrogen) atoms. The van der Waals surface area contributed by atoms with Crippen molar-refractivity contribution in [2.24, 2.45) is 0 Å². The number of aromatic nitrogens is 4. The summed E-state index contributed by atoms with van der Waals surface area (Å²) >= 11 is 0. The first-order chi connectivity index (χ1) is 10.8. The van der Waals surface area contributed by atoms with E-state index in [1.807, 2.05) is 0 Å². The molecule has 0 saturated heterocycles. The Hall–Kier alpha value is -3.53. The van der Waals surface area contributed by atoms with Gasteiger partial charge in [0, 0.05) is 11.8 Å². The van der Waals surface area contributed by atoms with Crippen LogP contribution < -0.4 is 5.32 Å². The summed E-state index contributed by atoms with van der Waals surface area (Å²) in [7, 11) is 0. The summed E-state index contributed by atoms with van der Waals surface area (Å²) in [6.07, 6.45) is 6.04. The predicted molar refractivity (Wildman–Crippen MR) is 78.3 cm³/mol. The predicted octanol–water partition coefficient (Wildman–Crippen LogP) is 1.79. The molecule has 0 fully saturated rings. The molecule has 3 rings (SSSR count). The van der Waals surface area contributed by atoms with Crippen LogP contribution in [-0.4, -0.2) is 25.7 Å². The minimum Gasteiger partial charge on any atom is -0.321 e. The van der Waals surface area contributed by atoms with Gasteiger partial charge in [-0.3, -0.25) is 9.78 Å². The standard InChI is InChI=1S/C15H10N6O/c16-7-12-6-11(3-4-14(12)21-10-18-9-19-21)15(22)20-13-2-1-5-17-8-13/h1-6,8-10H,(H,20,22). The molecule has 7 heteroatoms. The summed E-state index contributed by atoms with van der Waals surface area (Å²) in [5.41, 5.74) is 1.87. The molecular formula is C15H10N6O. The number of amides is 1. The van der Waals surface area contributed by atoms with Gasteiger partial charge in [-0.05, 0) is 30.3 Å². The molecule has 2 aromatic heterocycles. The number of hydrogen-bond acceptors (Lipinski definition) is 5. The molecule has 7 nitrogen and oxygen atoms in total. The van der Waals surface area contributed by atoms with Gasteiger partial charge < -0.3 is 5.32 Å². The van der Waals surface area contributed by atoms with Gasteiger partial charge in [0.2, 0.25) is 0 Å². The number of nitriles is 1. The Kier molecular flexibility index (Phi) is 3.58. The number of carbonyl (C=O) groups excluding carboxylic acids is 1. The zero-order chi connectivity index (χ0) is 15.4. The van der Waals surface area contributed by atoms with Crippen molar-refractivity contribution in [3.8, 4) is 11.8 Å². The van der Waals surface area contributed by atoms with Crippen molar-refractivity contribution >= 4 is 11.6 Å². The Bertz CT molecular complexity index is 836. The van der Waals surface area contributed by atoms with Crippen LogP contribution in [-0.2, 0) is 0 Å². The molecule has 3 aromatic rings. The highest BCUT2D eigenvalue weighted by Crippen LogP contribution is 2.16. The minimum absolute atomic E-state index is 0.311. The summed E-state index contributed by atoms with van der Waals surface area (Å²) in [4.78, 5) is 20.0. The number of pyridine rings is 1. The molecule has 0 unspecified atom stereocenters. The van der Waals surface area contributed by atoms with Gasteiger partial charge >= 0.3 is 0 Å². The normalized spacial score (nSPS) is 9.95. The van der Waals surface area contributed by atoms with E-state index < -0.39 is 0 Å². The molecule has 1 amide bonds. The Morgan fingerprint density at radius 2 is 2.18 bits per heavy atom. The van der Waals surface area contributed by atoms with Crippen LogP contribution in [0.1, 0.15) is 15.9 Å². The second-order valence-corrected chi connectivity index (χ2v) is 4.38. The Labute approximate surface area is 125 Å². The van der Waals surface area contributed by atoms with Gasteiger partial charge in [-0.15, -0.1) is 0 Å². The maximum atomic E-state index is 12.2. The highest BCUT2D eigenvalue weighted by atomic mass is 16.1. The third-order valence-corrected chi connectivity index (χ3v) is 2.96. The largest absolute Gasteiger partial charge is 0.321 e. The Morgan fingerprint density at radius 3 is 2.86 bits per heavy atom. The first-order valence-corrected chi connectivity index (χ1v) is 6.38. The first-order valence-electron chi connectivity index (χ1n) is 6.38. The molecule has 0 bridgehead atoms. The molecule has 0 aliphatic rings. The van der Waals surface area contributed by atoms with Crippen LogP contribution in [0, 0.1) is 11.3 Å². The SMILES string of the molecule is N#Cc1cc(C(=O)Nc2cccnc2)ccc1-n1cncn1. The van der Waals surface area contributed by atoms with E-state index in [-0.39, 0.29) is 5.91 Å². The summed E-state index contributed by atoms with van der Waals surface area (Å²) in [6, 6.07) is 10.3. The second-order valence-electron chi connectivity index (χ2n) is 4.38. The molecule has 2 heterocycles. The summed E-state index contributed by atoms with van der Waals surface area (Å²) in [5.74, 6) is -0.311. The molecule has 0 radical (unpaired) electrons. The lowest BCUT2D eigenvalue weighted by molar-refractivity contribution is 0.102. The van der Waals surface area contributed by atoms with Crippen LogP contribution in [0.2, 0.25) is 0 Å². The van der Waals surface area contributed by atoms with E-state index in [2.05, 4.69) is 26.5 Å². The van der Waals surface area contributed by atoms with E-state index in [1.165, 1.54) is 23.4 Å². The summed E-state index contributed by atoms with van der Waals surface area (Å²) in [6.45, 7) is 0. The highest BCUT2D eigenvalue weighted by molar-refractivity contribution is 6.04. The topological polar surface area (TPSA) is 96.5 Å². The van der Waals surface area contributed by atoms with Gasteiger partial charge in [0.05, 0.1) is 23.1 Å². The van der Waals surface area contributed by atoms with E-state index in [1.54, 1.807) is 36.7 Å². The number of nitrogens with one attached hydrogen (secondary N) is 1. The smallest absolute Gasteiger partial charge is 0.255 e. The van der Waals surface area contributed by atoms with Gasteiger partial charge in [0.25, 0.3) is 5.91 Å². The van der Waals surface area contributed by atoms with E-state index in [9.17, 15) is 10.1 Å². The third kappa shape index (κ3) is 2.66. The maximum Gasteiger partial charge on any atom is 0.255 e. The first kappa shape index (κ1) is 13.5. The van der Waals surface area contributed by atoms with Crippen molar-refractivity contribution in [3.05, 3.63) is 66.5 Å². The van der Waals surface area contributed by atoms with Gasteiger partial charge in [0.15, 0.2) is 0 Å². The van der Waals surface area contributed by atoms with Crippen LogP contribution in [0.25, 0.3) is 5.69 Å². The van der Waals surface area contributed by atoms with Crippen molar-refractivity contribution in [1.29, 1.82) is 5.26 Å². The molecule has 0 spiro atoms. The average Bonchev–Trinajstić information content (AvgIpc) is 3.09. The Morgan fingerprint density at radius 1 is 1.27 bits per heavy atom. The lowest BCUT2D eigenvalue weighted by Gasteiger charge is -2.07. The highest BCUT2D eigenvalue weighted by Gasteiger charge is 2.11. The van der Waals surface area contributed by atoms with Crippen molar-refractivity contribution < 1.29 is 4.79 Å².